The van der Waals surface area contributed by atoms with Gasteiger partial charge in [0.25, 0.3) is 0 Å². The number of carboxylic acid groups (broad SMARTS) is 1. The van der Waals surface area contributed by atoms with E-state index in [1.165, 1.54) is 0 Å². The van der Waals surface area contributed by atoms with Gasteiger partial charge in [-0.25, -0.2) is 0 Å². The molecule has 0 aliphatic heterocycles. The van der Waals surface area contributed by atoms with Crippen LogP contribution in [0.15, 0.2) is 0 Å². The van der Waals surface area contributed by atoms with Gasteiger partial charge in [-0.1, -0.05) is 0 Å². The number of aliphatic hydroxyl groups is 1. The fourth-order valence-corrected chi connectivity index (χ4v) is 2.32. The van der Waals surface area contributed by atoms with Gasteiger partial charge in [0.2, 0.25) is 0 Å². The highest BCUT2D eigenvalue weighted by molar-refractivity contribution is 7.99. The molecule has 1 fully saturated rings. The molecule has 0 radical (unpaired) electrons. The van der Waals surface area contributed by atoms with E-state index in [-0.39, 0.29) is 12.0 Å². The van der Waals surface area contributed by atoms with Crippen LogP contribution < -0.4 is 0 Å². The summed E-state index contributed by atoms with van der Waals surface area (Å²) in [5.74, 6) is 0.915. The number of carboxylic acids is 1. The smallest absolute Gasteiger partial charge is 0.303 e. The molecule has 0 spiro atoms. The molecule has 70 valence electrons. The molecule has 12 heavy (non-hydrogen) atoms. The van der Waals surface area contributed by atoms with E-state index in [0.717, 1.165) is 24.3 Å². The molecule has 0 unspecified atom stereocenters. The lowest BCUT2D eigenvalue weighted by atomic mass is 10.1. The van der Waals surface area contributed by atoms with Crippen molar-refractivity contribution >= 4 is 17.7 Å². The molecular formula is C8H14O3S. The minimum Gasteiger partial charge on any atom is -0.481 e. The second-order valence-corrected chi connectivity index (χ2v) is 4.45. The van der Waals surface area contributed by atoms with E-state index in [0.29, 0.717) is 6.42 Å². The molecule has 0 amide bonds. The molecule has 4 heteroatoms. The molecule has 3 nitrogen and oxygen atoms in total. The molecule has 1 rings (SSSR count). The molecule has 1 aliphatic carbocycles. The first-order chi connectivity index (χ1) is 5.68. The summed E-state index contributed by atoms with van der Waals surface area (Å²) in [5, 5.41) is 17.1. The first-order valence-corrected chi connectivity index (χ1v) is 5.24. The Morgan fingerprint density at radius 1 is 1.50 bits per heavy atom. The summed E-state index contributed by atoms with van der Waals surface area (Å²) in [6, 6.07) is 0. The molecule has 0 heterocycles. The Kier molecular flexibility index (Phi) is 3.40. The normalized spacial score (nSPS) is 19.1. The second-order valence-electron chi connectivity index (χ2n) is 3.35. The standard InChI is InChI=1S/C8H14O3S/c9-3-4-12-6-8(1-2-8)5-7(10)11/h9H,1-6H2,(H,10,11). The van der Waals surface area contributed by atoms with Crippen molar-refractivity contribution in [1.29, 1.82) is 0 Å². The Morgan fingerprint density at radius 3 is 2.58 bits per heavy atom. The van der Waals surface area contributed by atoms with E-state index in [9.17, 15) is 4.79 Å². The number of carbonyl (C=O) groups is 1. The van der Waals surface area contributed by atoms with Crippen molar-refractivity contribution in [3.8, 4) is 0 Å². The van der Waals surface area contributed by atoms with Crippen LogP contribution in [0.2, 0.25) is 0 Å². The van der Waals surface area contributed by atoms with Crippen LogP contribution in [0, 0.1) is 5.41 Å². The average Bonchev–Trinajstić information content (AvgIpc) is 2.69. The number of hydrogen-bond donors (Lipinski definition) is 2. The predicted molar refractivity (Wildman–Crippen MR) is 48.3 cm³/mol. The van der Waals surface area contributed by atoms with Crippen molar-refractivity contribution < 1.29 is 15.0 Å². The van der Waals surface area contributed by atoms with E-state index < -0.39 is 5.97 Å². The van der Waals surface area contributed by atoms with Gasteiger partial charge in [0.05, 0.1) is 13.0 Å². The first kappa shape index (κ1) is 9.86. The van der Waals surface area contributed by atoms with Crippen LogP contribution in [0.5, 0.6) is 0 Å². The molecule has 0 aromatic rings. The molecule has 1 saturated carbocycles. The van der Waals surface area contributed by atoms with Crippen LogP contribution in [0.25, 0.3) is 0 Å². The average molecular weight is 190 g/mol. The molecule has 0 atom stereocenters. The third kappa shape index (κ3) is 3.03. The summed E-state index contributed by atoms with van der Waals surface area (Å²) < 4.78 is 0. The van der Waals surface area contributed by atoms with E-state index in [4.69, 9.17) is 10.2 Å². The Bertz CT molecular complexity index is 166. The second kappa shape index (κ2) is 4.14. The lowest BCUT2D eigenvalue weighted by Crippen LogP contribution is -2.11. The van der Waals surface area contributed by atoms with Crippen LogP contribution in [0.3, 0.4) is 0 Å². The Labute approximate surface area is 76.2 Å². The molecule has 0 saturated heterocycles. The summed E-state index contributed by atoms with van der Waals surface area (Å²) in [4.78, 5) is 10.4. The lowest BCUT2D eigenvalue weighted by Gasteiger charge is -2.10. The van der Waals surface area contributed by atoms with E-state index >= 15 is 0 Å². The first-order valence-electron chi connectivity index (χ1n) is 4.09. The van der Waals surface area contributed by atoms with Gasteiger partial charge in [-0.3, -0.25) is 4.79 Å². The molecule has 0 aromatic heterocycles. The Balaban J connectivity index is 2.16. The number of rotatable bonds is 6. The van der Waals surface area contributed by atoms with Crippen LogP contribution in [0.1, 0.15) is 19.3 Å². The van der Waals surface area contributed by atoms with Crippen molar-refractivity contribution in [3.63, 3.8) is 0 Å². The maximum absolute atomic E-state index is 10.4. The lowest BCUT2D eigenvalue weighted by molar-refractivity contribution is -0.138. The summed E-state index contributed by atoms with van der Waals surface area (Å²) in [7, 11) is 0. The number of aliphatic hydroxyl groups excluding tert-OH is 1. The largest absolute Gasteiger partial charge is 0.481 e. The molecular weight excluding hydrogens is 176 g/mol. The number of aliphatic carboxylic acids is 1. The highest BCUT2D eigenvalue weighted by atomic mass is 32.2. The predicted octanol–water partition coefficient (Wildman–Crippen LogP) is 0.967. The third-order valence-electron chi connectivity index (χ3n) is 2.13. The van der Waals surface area contributed by atoms with Gasteiger partial charge in [0.15, 0.2) is 0 Å². The Hall–Kier alpha value is -0.220. The van der Waals surface area contributed by atoms with Crippen molar-refractivity contribution in [3.05, 3.63) is 0 Å². The van der Waals surface area contributed by atoms with Crippen molar-refractivity contribution in [2.24, 2.45) is 5.41 Å². The van der Waals surface area contributed by atoms with E-state index in [1.807, 2.05) is 0 Å². The fraction of sp³-hybridized carbons (Fsp3) is 0.875. The zero-order valence-electron chi connectivity index (χ0n) is 6.95. The maximum atomic E-state index is 10.4. The minimum atomic E-state index is -0.697. The number of thioether (sulfide) groups is 1. The Morgan fingerprint density at radius 2 is 2.17 bits per heavy atom. The van der Waals surface area contributed by atoms with Crippen molar-refractivity contribution in [1.82, 2.24) is 0 Å². The fourth-order valence-electron chi connectivity index (χ4n) is 1.22. The van der Waals surface area contributed by atoms with Gasteiger partial charge < -0.3 is 10.2 Å². The summed E-state index contributed by atoms with van der Waals surface area (Å²) in [5.41, 5.74) is 0.0751. The summed E-state index contributed by atoms with van der Waals surface area (Å²) in [6.45, 7) is 0.188. The quantitative estimate of drug-likeness (QED) is 0.613. The van der Waals surface area contributed by atoms with Gasteiger partial charge in [0.1, 0.15) is 0 Å². The van der Waals surface area contributed by atoms with Gasteiger partial charge in [-0.05, 0) is 24.0 Å². The molecule has 0 bridgehead atoms. The van der Waals surface area contributed by atoms with Crippen molar-refractivity contribution in [2.75, 3.05) is 18.1 Å². The minimum absolute atomic E-state index is 0.0751. The molecule has 2 N–H and O–H groups in total. The van der Waals surface area contributed by atoms with Gasteiger partial charge in [-0.2, -0.15) is 11.8 Å². The summed E-state index contributed by atoms with van der Waals surface area (Å²) in [6.07, 6.45) is 2.38. The SMILES string of the molecule is O=C(O)CC1(CSCCO)CC1. The van der Waals surface area contributed by atoms with Gasteiger partial charge in [0, 0.05) is 5.75 Å². The highest BCUT2D eigenvalue weighted by Gasteiger charge is 2.43. The van der Waals surface area contributed by atoms with Crippen LogP contribution in [-0.4, -0.2) is 34.3 Å². The molecule has 0 aromatic carbocycles. The van der Waals surface area contributed by atoms with Crippen LogP contribution >= 0.6 is 11.8 Å². The molecule has 1 aliphatic rings. The third-order valence-corrected chi connectivity index (χ3v) is 3.41. The highest BCUT2D eigenvalue weighted by Crippen LogP contribution is 2.50. The zero-order valence-corrected chi connectivity index (χ0v) is 7.77. The van der Waals surface area contributed by atoms with E-state index in [2.05, 4.69) is 0 Å². The van der Waals surface area contributed by atoms with Crippen LogP contribution in [0.4, 0.5) is 0 Å². The summed E-state index contributed by atoms with van der Waals surface area (Å²) >= 11 is 1.65. The van der Waals surface area contributed by atoms with Gasteiger partial charge >= 0.3 is 5.97 Å². The van der Waals surface area contributed by atoms with Crippen LogP contribution in [-0.2, 0) is 4.79 Å². The zero-order chi connectivity index (χ0) is 9.03. The number of hydrogen-bond acceptors (Lipinski definition) is 3. The van der Waals surface area contributed by atoms with E-state index in [1.54, 1.807) is 11.8 Å². The monoisotopic (exact) mass is 190 g/mol. The maximum Gasteiger partial charge on any atom is 0.303 e. The van der Waals surface area contributed by atoms with Crippen molar-refractivity contribution in [2.45, 2.75) is 19.3 Å². The van der Waals surface area contributed by atoms with Gasteiger partial charge in [-0.15, -0.1) is 0 Å². The topological polar surface area (TPSA) is 57.5 Å².